The molecule has 2 heteroatoms. The van der Waals surface area contributed by atoms with E-state index < -0.39 is 0 Å². The zero-order chi connectivity index (χ0) is 11.7. The third kappa shape index (κ3) is 2.53. The molecule has 0 aliphatic heterocycles. The van der Waals surface area contributed by atoms with Gasteiger partial charge in [0.15, 0.2) is 0 Å². The monoisotopic (exact) mass is 230 g/mol. The first-order valence-corrected chi connectivity index (χ1v) is 6.84. The molecule has 0 saturated heterocycles. The Morgan fingerprint density at radius 2 is 2.00 bits per heavy atom. The van der Waals surface area contributed by atoms with E-state index in [2.05, 4.69) is 35.6 Å². The van der Waals surface area contributed by atoms with Gasteiger partial charge in [0.05, 0.1) is 0 Å². The zero-order valence-electron chi connectivity index (χ0n) is 10.4. The van der Waals surface area contributed by atoms with Crippen molar-refractivity contribution in [2.45, 2.75) is 49.6 Å². The molecule has 2 saturated carbocycles. The van der Waals surface area contributed by atoms with Crippen LogP contribution in [0.4, 0.5) is 0 Å². The van der Waals surface area contributed by atoms with Crippen LogP contribution in [0.5, 0.6) is 0 Å². The average Bonchev–Trinajstić information content (AvgIpc) is 3.08. The number of hydrogen-bond acceptors (Lipinski definition) is 2. The molecule has 0 spiro atoms. The molecule has 2 aliphatic rings. The van der Waals surface area contributed by atoms with Crippen molar-refractivity contribution >= 4 is 0 Å². The second-order valence-corrected chi connectivity index (χ2v) is 5.78. The van der Waals surface area contributed by atoms with Gasteiger partial charge in [0.1, 0.15) is 0 Å². The van der Waals surface area contributed by atoms with Crippen molar-refractivity contribution in [3.8, 4) is 0 Å². The van der Waals surface area contributed by atoms with Gasteiger partial charge in [-0.1, -0.05) is 30.3 Å². The molecule has 2 nitrogen and oxygen atoms in total. The Kier molecular flexibility index (Phi) is 2.93. The maximum atomic E-state index is 6.22. The molecule has 0 bridgehead atoms. The lowest BCUT2D eigenvalue weighted by molar-refractivity contribution is 0.229. The van der Waals surface area contributed by atoms with Gasteiger partial charge >= 0.3 is 0 Å². The van der Waals surface area contributed by atoms with Crippen molar-refractivity contribution in [2.24, 2.45) is 5.73 Å². The normalized spacial score (nSPS) is 29.7. The van der Waals surface area contributed by atoms with E-state index in [1.807, 2.05) is 0 Å². The molecule has 0 aromatic heterocycles. The molecule has 2 aliphatic carbocycles. The van der Waals surface area contributed by atoms with Gasteiger partial charge in [0, 0.05) is 17.5 Å². The van der Waals surface area contributed by atoms with Crippen molar-refractivity contribution in [1.82, 2.24) is 5.32 Å². The van der Waals surface area contributed by atoms with Crippen LogP contribution in [0.1, 0.15) is 43.6 Å². The second kappa shape index (κ2) is 4.43. The SMILES string of the molecule is NC1(CCNC2CC2c2ccccc2)CCC1. The van der Waals surface area contributed by atoms with Crippen LogP contribution in [-0.4, -0.2) is 18.1 Å². The number of benzene rings is 1. The topological polar surface area (TPSA) is 38.0 Å². The minimum atomic E-state index is 0.171. The van der Waals surface area contributed by atoms with Gasteiger partial charge in [-0.25, -0.2) is 0 Å². The summed E-state index contributed by atoms with van der Waals surface area (Å²) in [5.74, 6) is 0.742. The molecule has 92 valence electrons. The van der Waals surface area contributed by atoms with Crippen LogP contribution in [0.25, 0.3) is 0 Å². The van der Waals surface area contributed by atoms with Crippen molar-refractivity contribution < 1.29 is 0 Å². The number of nitrogens with two attached hydrogens (primary N) is 1. The summed E-state index contributed by atoms with van der Waals surface area (Å²) < 4.78 is 0. The summed E-state index contributed by atoms with van der Waals surface area (Å²) in [6.45, 7) is 1.09. The number of rotatable bonds is 5. The summed E-state index contributed by atoms with van der Waals surface area (Å²) in [4.78, 5) is 0. The van der Waals surface area contributed by atoms with Crippen LogP contribution in [-0.2, 0) is 0 Å². The fraction of sp³-hybridized carbons (Fsp3) is 0.600. The molecule has 2 unspecified atom stereocenters. The maximum Gasteiger partial charge on any atom is 0.0166 e. The Bertz CT molecular complexity index is 370. The van der Waals surface area contributed by atoms with E-state index in [-0.39, 0.29) is 5.54 Å². The highest BCUT2D eigenvalue weighted by Crippen LogP contribution is 2.40. The Balaban J connectivity index is 1.41. The van der Waals surface area contributed by atoms with Crippen molar-refractivity contribution in [3.63, 3.8) is 0 Å². The summed E-state index contributed by atoms with van der Waals surface area (Å²) in [5.41, 5.74) is 7.87. The minimum absolute atomic E-state index is 0.171. The molecule has 0 amide bonds. The quantitative estimate of drug-likeness (QED) is 0.815. The standard InChI is InChI=1S/C15H22N2/c16-15(7-4-8-15)9-10-17-14-11-13(14)12-5-2-1-3-6-12/h1-3,5-6,13-14,17H,4,7-11,16H2. The fourth-order valence-electron chi connectivity index (χ4n) is 2.88. The van der Waals surface area contributed by atoms with Gasteiger partial charge in [-0.15, -0.1) is 0 Å². The van der Waals surface area contributed by atoms with E-state index >= 15 is 0 Å². The van der Waals surface area contributed by atoms with E-state index in [0.717, 1.165) is 18.9 Å². The Labute approximate surface area is 104 Å². The molecule has 1 aromatic rings. The highest BCUT2D eigenvalue weighted by atomic mass is 15.0. The van der Waals surface area contributed by atoms with E-state index in [1.54, 1.807) is 0 Å². The third-order valence-corrected chi connectivity index (χ3v) is 4.40. The lowest BCUT2D eigenvalue weighted by Gasteiger charge is -2.38. The van der Waals surface area contributed by atoms with Gasteiger partial charge in [-0.2, -0.15) is 0 Å². The lowest BCUT2D eigenvalue weighted by Crippen LogP contribution is -2.48. The highest BCUT2D eigenvalue weighted by Gasteiger charge is 2.38. The maximum absolute atomic E-state index is 6.22. The first-order chi connectivity index (χ1) is 8.27. The Morgan fingerprint density at radius 3 is 2.65 bits per heavy atom. The van der Waals surface area contributed by atoms with Gasteiger partial charge in [-0.05, 0) is 44.2 Å². The fourth-order valence-corrected chi connectivity index (χ4v) is 2.88. The molecular weight excluding hydrogens is 208 g/mol. The predicted octanol–water partition coefficient (Wildman–Crippen LogP) is 2.40. The van der Waals surface area contributed by atoms with Gasteiger partial charge in [0.25, 0.3) is 0 Å². The summed E-state index contributed by atoms with van der Waals surface area (Å²) in [5, 5.41) is 3.65. The molecule has 2 atom stereocenters. The van der Waals surface area contributed by atoms with Crippen LogP contribution >= 0.6 is 0 Å². The van der Waals surface area contributed by atoms with Crippen molar-refractivity contribution in [2.75, 3.05) is 6.54 Å². The largest absolute Gasteiger partial charge is 0.325 e. The van der Waals surface area contributed by atoms with E-state index in [9.17, 15) is 0 Å². The van der Waals surface area contributed by atoms with Gasteiger partial charge < -0.3 is 11.1 Å². The average molecular weight is 230 g/mol. The molecule has 0 heterocycles. The molecule has 2 fully saturated rings. The number of nitrogens with one attached hydrogen (secondary N) is 1. The summed E-state index contributed by atoms with van der Waals surface area (Å²) in [6.07, 6.45) is 6.21. The van der Waals surface area contributed by atoms with Crippen molar-refractivity contribution in [1.29, 1.82) is 0 Å². The summed E-state index contributed by atoms with van der Waals surface area (Å²) in [6, 6.07) is 11.5. The van der Waals surface area contributed by atoms with E-state index in [4.69, 9.17) is 5.73 Å². The van der Waals surface area contributed by atoms with Crippen LogP contribution in [0.15, 0.2) is 30.3 Å². The van der Waals surface area contributed by atoms with E-state index in [1.165, 1.54) is 31.2 Å². The predicted molar refractivity (Wildman–Crippen MR) is 71.0 cm³/mol. The third-order valence-electron chi connectivity index (χ3n) is 4.40. The summed E-state index contributed by atoms with van der Waals surface area (Å²) >= 11 is 0. The van der Waals surface area contributed by atoms with Crippen LogP contribution in [0.3, 0.4) is 0 Å². The molecular formula is C15H22N2. The second-order valence-electron chi connectivity index (χ2n) is 5.78. The smallest absolute Gasteiger partial charge is 0.0166 e. The molecule has 3 rings (SSSR count). The molecule has 17 heavy (non-hydrogen) atoms. The molecule has 1 aromatic carbocycles. The Morgan fingerprint density at radius 1 is 1.24 bits per heavy atom. The highest BCUT2D eigenvalue weighted by molar-refractivity contribution is 5.27. The first kappa shape index (κ1) is 11.2. The Hall–Kier alpha value is -0.860. The first-order valence-electron chi connectivity index (χ1n) is 6.84. The zero-order valence-corrected chi connectivity index (χ0v) is 10.4. The van der Waals surface area contributed by atoms with Gasteiger partial charge in [-0.3, -0.25) is 0 Å². The van der Waals surface area contributed by atoms with Crippen molar-refractivity contribution in [3.05, 3.63) is 35.9 Å². The van der Waals surface area contributed by atoms with Gasteiger partial charge in [0.2, 0.25) is 0 Å². The van der Waals surface area contributed by atoms with Crippen LogP contribution in [0, 0.1) is 0 Å². The molecule has 0 radical (unpaired) electrons. The molecule has 3 N–H and O–H groups in total. The lowest BCUT2D eigenvalue weighted by atomic mass is 9.75. The summed E-state index contributed by atoms with van der Waals surface area (Å²) in [7, 11) is 0. The minimum Gasteiger partial charge on any atom is -0.325 e. The van der Waals surface area contributed by atoms with Crippen LogP contribution < -0.4 is 11.1 Å². The van der Waals surface area contributed by atoms with E-state index in [0.29, 0.717) is 6.04 Å². The number of hydrogen-bond donors (Lipinski definition) is 2. The van der Waals surface area contributed by atoms with Crippen LogP contribution in [0.2, 0.25) is 0 Å².